The largest absolute Gasteiger partial charge is 0.481 e. The van der Waals surface area contributed by atoms with Crippen LogP contribution in [0.15, 0.2) is 18.3 Å². The molecule has 0 unspecified atom stereocenters. The van der Waals surface area contributed by atoms with E-state index in [1.54, 1.807) is 12.1 Å². The number of aromatic nitrogens is 1. The molecule has 0 amide bonds. The Kier molecular flexibility index (Phi) is 1.74. The van der Waals surface area contributed by atoms with Crippen molar-refractivity contribution in [2.75, 3.05) is 0 Å². The van der Waals surface area contributed by atoms with Crippen molar-refractivity contribution < 1.29 is 9.90 Å². The number of carboxylic acids is 1. The maximum atomic E-state index is 11.0. The second kappa shape index (κ2) is 2.81. The van der Waals surface area contributed by atoms with E-state index in [2.05, 4.69) is 4.98 Å². The van der Waals surface area contributed by atoms with Gasteiger partial charge in [-0.1, -0.05) is 0 Å². The molecule has 0 aromatic carbocycles. The molecule has 4 heteroatoms. The van der Waals surface area contributed by atoms with Gasteiger partial charge in [-0.15, -0.1) is 0 Å². The quantitative estimate of drug-likeness (QED) is 0.753. The number of carbonyl (C=O) groups is 1. The van der Waals surface area contributed by atoms with Crippen molar-refractivity contribution in [2.24, 2.45) is 0 Å². The number of nitriles is 1. The number of hydrogen-bond acceptors (Lipinski definition) is 3. The van der Waals surface area contributed by atoms with Gasteiger partial charge in [0.2, 0.25) is 0 Å². The van der Waals surface area contributed by atoms with Gasteiger partial charge >= 0.3 is 5.97 Å². The Morgan fingerprint density at radius 3 is 2.86 bits per heavy atom. The maximum absolute atomic E-state index is 11.0. The summed E-state index contributed by atoms with van der Waals surface area (Å²) < 4.78 is 0. The Balaban J connectivity index is 2.53. The molecule has 1 aliphatic carbocycles. The van der Waals surface area contributed by atoms with Gasteiger partial charge in [0.15, 0.2) is 0 Å². The first-order valence-corrected chi connectivity index (χ1v) is 4.30. The van der Waals surface area contributed by atoms with Crippen LogP contribution in [0.2, 0.25) is 0 Å². The van der Waals surface area contributed by atoms with E-state index in [1.165, 1.54) is 6.20 Å². The van der Waals surface area contributed by atoms with Gasteiger partial charge in [-0.05, 0) is 25.0 Å². The molecule has 0 radical (unpaired) electrons. The van der Waals surface area contributed by atoms with Gasteiger partial charge in [-0.25, -0.2) is 0 Å². The lowest BCUT2D eigenvalue weighted by Crippen LogP contribution is -2.22. The summed E-state index contributed by atoms with van der Waals surface area (Å²) in [6.07, 6.45) is 2.68. The van der Waals surface area contributed by atoms with E-state index in [4.69, 9.17) is 10.4 Å². The number of nitrogens with zero attached hydrogens (tertiary/aromatic N) is 2. The summed E-state index contributed by atoms with van der Waals surface area (Å²) in [5.74, 6) is -0.882. The third kappa shape index (κ3) is 1.06. The van der Waals surface area contributed by atoms with Crippen molar-refractivity contribution in [3.8, 4) is 6.07 Å². The van der Waals surface area contributed by atoms with E-state index in [9.17, 15) is 4.79 Å². The van der Waals surface area contributed by atoms with Crippen LogP contribution in [0, 0.1) is 11.3 Å². The molecule has 0 aliphatic heterocycles. The van der Waals surface area contributed by atoms with E-state index in [-0.39, 0.29) is 0 Å². The minimum Gasteiger partial charge on any atom is -0.481 e. The molecule has 1 fully saturated rings. The second-order valence-electron chi connectivity index (χ2n) is 3.40. The van der Waals surface area contributed by atoms with Crippen molar-refractivity contribution in [1.29, 1.82) is 5.26 Å². The molecule has 1 N–H and O–H groups in total. The van der Waals surface area contributed by atoms with Crippen molar-refractivity contribution in [1.82, 2.24) is 4.98 Å². The van der Waals surface area contributed by atoms with Crippen LogP contribution in [0.1, 0.15) is 24.1 Å². The molecule has 0 spiro atoms. The Morgan fingerprint density at radius 2 is 2.36 bits per heavy atom. The molecule has 1 heterocycles. The molecule has 0 saturated heterocycles. The molecular weight excluding hydrogens is 180 g/mol. The molecule has 1 aliphatic rings. The summed E-state index contributed by atoms with van der Waals surface area (Å²) in [6, 6.07) is 5.21. The number of carboxylic acid groups (broad SMARTS) is 1. The van der Waals surface area contributed by atoms with Gasteiger partial charge in [-0.2, -0.15) is 5.26 Å². The van der Waals surface area contributed by atoms with E-state index < -0.39 is 11.4 Å². The summed E-state index contributed by atoms with van der Waals surface area (Å²) >= 11 is 0. The first-order chi connectivity index (χ1) is 6.70. The van der Waals surface area contributed by atoms with E-state index in [0.717, 1.165) is 0 Å². The van der Waals surface area contributed by atoms with Crippen molar-refractivity contribution >= 4 is 5.97 Å². The average Bonchev–Trinajstić information content (AvgIpc) is 2.98. The van der Waals surface area contributed by atoms with E-state index in [1.807, 2.05) is 6.07 Å². The highest BCUT2D eigenvalue weighted by molar-refractivity contribution is 5.85. The molecule has 2 rings (SSSR count). The molecule has 14 heavy (non-hydrogen) atoms. The van der Waals surface area contributed by atoms with Gasteiger partial charge < -0.3 is 5.11 Å². The van der Waals surface area contributed by atoms with Crippen LogP contribution in [-0.2, 0) is 10.2 Å². The van der Waals surface area contributed by atoms with Crippen LogP contribution in [-0.4, -0.2) is 16.1 Å². The van der Waals surface area contributed by atoms with Crippen LogP contribution in [0.3, 0.4) is 0 Å². The zero-order valence-corrected chi connectivity index (χ0v) is 7.40. The topological polar surface area (TPSA) is 74.0 Å². The summed E-state index contributed by atoms with van der Waals surface area (Å²) in [7, 11) is 0. The standard InChI is InChI=1S/C10H8N2O2/c11-6-7-2-1-5-12-8(7)10(3-4-10)9(13)14/h1-2,5H,3-4H2,(H,13,14). The lowest BCUT2D eigenvalue weighted by Gasteiger charge is -2.09. The lowest BCUT2D eigenvalue weighted by molar-refractivity contribution is -0.140. The molecule has 4 nitrogen and oxygen atoms in total. The fourth-order valence-electron chi connectivity index (χ4n) is 1.55. The average molecular weight is 188 g/mol. The van der Waals surface area contributed by atoms with Crippen LogP contribution < -0.4 is 0 Å². The summed E-state index contributed by atoms with van der Waals surface area (Å²) in [6.45, 7) is 0. The normalized spacial score (nSPS) is 17.1. The Bertz CT molecular complexity index is 430. The number of aliphatic carboxylic acids is 1. The predicted octanol–water partition coefficient (Wildman–Crippen LogP) is 1.07. The second-order valence-corrected chi connectivity index (χ2v) is 3.40. The minimum absolute atomic E-state index is 0.368. The fourth-order valence-corrected chi connectivity index (χ4v) is 1.55. The summed E-state index contributed by atoms with van der Waals surface area (Å²) in [4.78, 5) is 15.0. The molecule has 1 aromatic heterocycles. The van der Waals surface area contributed by atoms with Gasteiger partial charge in [0.25, 0.3) is 0 Å². The third-order valence-corrected chi connectivity index (χ3v) is 2.54. The minimum atomic E-state index is -0.883. The van der Waals surface area contributed by atoms with Crippen molar-refractivity contribution in [3.05, 3.63) is 29.6 Å². The Morgan fingerprint density at radius 1 is 1.64 bits per heavy atom. The first-order valence-electron chi connectivity index (χ1n) is 4.30. The Labute approximate surface area is 80.8 Å². The van der Waals surface area contributed by atoms with Crippen LogP contribution in [0.5, 0.6) is 0 Å². The van der Waals surface area contributed by atoms with E-state index >= 15 is 0 Å². The van der Waals surface area contributed by atoms with Crippen molar-refractivity contribution in [2.45, 2.75) is 18.3 Å². The first kappa shape index (κ1) is 8.70. The number of hydrogen-bond donors (Lipinski definition) is 1. The molecule has 70 valence electrons. The number of rotatable bonds is 2. The smallest absolute Gasteiger partial charge is 0.315 e. The lowest BCUT2D eigenvalue weighted by atomic mass is 9.98. The summed E-state index contributed by atoms with van der Waals surface area (Å²) in [5, 5.41) is 17.8. The van der Waals surface area contributed by atoms with E-state index in [0.29, 0.717) is 24.1 Å². The third-order valence-electron chi connectivity index (χ3n) is 2.54. The fraction of sp³-hybridized carbons (Fsp3) is 0.300. The van der Waals surface area contributed by atoms with Crippen molar-refractivity contribution in [3.63, 3.8) is 0 Å². The van der Waals surface area contributed by atoms with Crippen LogP contribution >= 0.6 is 0 Å². The number of pyridine rings is 1. The SMILES string of the molecule is N#Cc1cccnc1C1(C(=O)O)CC1. The summed E-state index contributed by atoms with van der Waals surface area (Å²) in [5.41, 5.74) is -0.103. The highest BCUT2D eigenvalue weighted by Gasteiger charge is 2.54. The molecule has 1 saturated carbocycles. The zero-order valence-electron chi connectivity index (χ0n) is 7.40. The van der Waals surface area contributed by atoms with Gasteiger partial charge in [-0.3, -0.25) is 9.78 Å². The molecular formula is C10H8N2O2. The highest BCUT2D eigenvalue weighted by atomic mass is 16.4. The Hall–Kier alpha value is -1.89. The molecule has 1 aromatic rings. The zero-order chi connectivity index (χ0) is 10.2. The van der Waals surface area contributed by atoms with Gasteiger partial charge in [0.1, 0.15) is 11.5 Å². The van der Waals surface area contributed by atoms with Gasteiger partial charge in [0.05, 0.1) is 11.3 Å². The monoisotopic (exact) mass is 188 g/mol. The highest BCUT2D eigenvalue weighted by Crippen LogP contribution is 2.48. The maximum Gasteiger partial charge on any atom is 0.315 e. The van der Waals surface area contributed by atoms with Crippen LogP contribution in [0.4, 0.5) is 0 Å². The van der Waals surface area contributed by atoms with Gasteiger partial charge in [0, 0.05) is 6.20 Å². The molecule has 0 atom stereocenters. The predicted molar refractivity (Wildman–Crippen MR) is 47.5 cm³/mol. The van der Waals surface area contributed by atoms with Crippen LogP contribution in [0.25, 0.3) is 0 Å². The molecule has 0 bridgehead atoms.